The number of rotatable bonds is 5. The van der Waals surface area contributed by atoms with Gasteiger partial charge in [0.15, 0.2) is 0 Å². The average Bonchev–Trinajstić information content (AvgIpc) is 2.90. The molecule has 0 radical (unpaired) electrons. The summed E-state index contributed by atoms with van der Waals surface area (Å²) in [5.74, 6) is -0.0835. The van der Waals surface area contributed by atoms with E-state index in [4.69, 9.17) is 4.42 Å². The highest BCUT2D eigenvalue weighted by atomic mass is 16.3. The second-order valence-corrected chi connectivity index (χ2v) is 4.49. The van der Waals surface area contributed by atoms with Gasteiger partial charge in [0, 0.05) is 12.1 Å². The lowest BCUT2D eigenvalue weighted by Gasteiger charge is -2.10. The number of benzene rings is 1. The van der Waals surface area contributed by atoms with Crippen LogP contribution in [0.1, 0.15) is 18.1 Å². The summed E-state index contributed by atoms with van der Waals surface area (Å²) < 4.78 is 5.00. The van der Waals surface area contributed by atoms with Crippen molar-refractivity contribution in [2.75, 3.05) is 0 Å². The Balaban J connectivity index is 1.82. The molecule has 3 nitrogen and oxygen atoms in total. The van der Waals surface area contributed by atoms with Crippen LogP contribution in [-0.2, 0) is 11.2 Å². The number of carbonyl (C=O) groups is 1. The van der Waals surface area contributed by atoms with E-state index >= 15 is 0 Å². The number of carbonyl (C=O) groups excluding carboxylic acids is 1. The fourth-order valence-corrected chi connectivity index (χ4v) is 1.84. The standard InChI is InChI=1S/C16H17NO2/c1-13(11-15-9-10-19-12-15)17-16(18)8-7-14-5-3-2-4-6-14/h2-10,12-13H,11H2,1H3,(H,17,18)/b8-7+/t13-/m1/s1. The van der Waals surface area contributed by atoms with Gasteiger partial charge in [-0.1, -0.05) is 30.3 Å². The van der Waals surface area contributed by atoms with E-state index in [1.165, 1.54) is 0 Å². The Bertz CT molecular complexity index is 529. The third-order valence-corrected chi connectivity index (χ3v) is 2.74. The van der Waals surface area contributed by atoms with Gasteiger partial charge >= 0.3 is 0 Å². The van der Waals surface area contributed by atoms with Gasteiger partial charge in [0.25, 0.3) is 0 Å². The van der Waals surface area contributed by atoms with Crippen LogP contribution in [0.25, 0.3) is 6.08 Å². The summed E-state index contributed by atoms with van der Waals surface area (Å²) in [7, 11) is 0. The van der Waals surface area contributed by atoms with Gasteiger partial charge in [0.1, 0.15) is 0 Å². The first-order valence-electron chi connectivity index (χ1n) is 6.29. The first-order chi connectivity index (χ1) is 9.24. The van der Waals surface area contributed by atoms with Gasteiger partial charge in [-0.2, -0.15) is 0 Å². The van der Waals surface area contributed by atoms with Crippen LogP contribution in [0.4, 0.5) is 0 Å². The number of nitrogens with one attached hydrogen (secondary N) is 1. The van der Waals surface area contributed by atoms with Crippen molar-refractivity contribution in [1.29, 1.82) is 0 Å². The van der Waals surface area contributed by atoms with E-state index in [1.807, 2.05) is 43.3 Å². The Morgan fingerprint density at radius 2 is 2.11 bits per heavy atom. The molecule has 1 amide bonds. The van der Waals surface area contributed by atoms with Crippen molar-refractivity contribution in [2.24, 2.45) is 0 Å². The van der Waals surface area contributed by atoms with Crippen LogP contribution >= 0.6 is 0 Å². The van der Waals surface area contributed by atoms with Crippen LogP contribution < -0.4 is 5.32 Å². The van der Waals surface area contributed by atoms with E-state index in [0.717, 1.165) is 17.5 Å². The summed E-state index contributed by atoms with van der Waals surface area (Å²) in [5, 5.41) is 2.92. The molecule has 1 heterocycles. The van der Waals surface area contributed by atoms with Gasteiger partial charge < -0.3 is 9.73 Å². The second kappa shape index (κ2) is 6.59. The van der Waals surface area contributed by atoms with Gasteiger partial charge in [0.2, 0.25) is 5.91 Å². The zero-order chi connectivity index (χ0) is 13.5. The minimum Gasteiger partial charge on any atom is -0.472 e. The van der Waals surface area contributed by atoms with E-state index < -0.39 is 0 Å². The summed E-state index contributed by atoms with van der Waals surface area (Å²) in [6.07, 6.45) is 7.46. The smallest absolute Gasteiger partial charge is 0.244 e. The topological polar surface area (TPSA) is 42.2 Å². The molecule has 2 aromatic rings. The molecule has 1 aromatic carbocycles. The highest BCUT2D eigenvalue weighted by Gasteiger charge is 2.06. The first kappa shape index (κ1) is 13.1. The lowest BCUT2D eigenvalue weighted by molar-refractivity contribution is -0.117. The van der Waals surface area contributed by atoms with E-state index in [-0.39, 0.29) is 11.9 Å². The molecule has 19 heavy (non-hydrogen) atoms. The Morgan fingerprint density at radius 3 is 2.79 bits per heavy atom. The maximum absolute atomic E-state index is 11.7. The fourth-order valence-electron chi connectivity index (χ4n) is 1.84. The normalized spacial score (nSPS) is 12.5. The van der Waals surface area contributed by atoms with E-state index in [1.54, 1.807) is 24.7 Å². The zero-order valence-electron chi connectivity index (χ0n) is 10.9. The molecule has 0 aliphatic rings. The molecule has 0 saturated carbocycles. The summed E-state index contributed by atoms with van der Waals surface area (Å²) in [4.78, 5) is 11.7. The Hall–Kier alpha value is -2.29. The molecule has 1 N–H and O–H groups in total. The van der Waals surface area contributed by atoms with Crippen LogP contribution in [0.15, 0.2) is 59.4 Å². The molecule has 1 atom stereocenters. The molecule has 3 heteroatoms. The summed E-state index contributed by atoms with van der Waals surface area (Å²) >= 11 is 0. The average molecular weight is 255 g/mol. The molecule has 1 aromatic heterocycles. The lowest BCUT2D eigenvalue weighted by Crippen LogP contribution is -2.32. The fraction of sp³-hybridized carbons (Fsp3) is 0.188. The molecule has 0 fully saturated rings. The van der Waals surface area contributed by atoms with Crippen LogP contribution in [0.2, 0.25) is 0 Å². The molecule has 0 saturated heterocycles. The first-order valence-corrected chi connectivity index (χ1v) is 6.29. The van der Waals surface area contributed by atoms with Gasteiger partial charge in [-0.05, 0) is 36.6 Å². The van der Waals surface area contributed by atoms with Crippen molar-refractivity contribution < 1.29 is 9.21 Å². The minimum atomic E-state index is -0.0835. The summed E-state index contributed by atoms with van der Waals surface area (Å²) in [6, 6.07) is 11.7. The maximum atomic E-state index is 11.7. The Kier molecular flexibility index (Phi) is 4.56. The zero-order valence-corrected chi connectivity index (χ0v) is 10.9. The van der Waals surface area contributed by atoms with Crippen molar-refractivity contribution in [3.05, 3.63) is 66.1 Å². The van der Waals surface area contributed by atoms with Crippen LogP contribution in [-0.4, -0.2) is 11.9 Å². The van der Waals surface area contributed by atoms with Gasteiger partial charge in [0.05, 0.1) is 12.5 Å². The lowest BCUT2D eigenvalue weighted by atomic mass is 10.1. The number of furan rings is 1. The number of hydrogen-bond donors (Lipinski definition) is 1. The quantitative estimate of drug-likeness (QED) is 0.834. The number of hydrogen-bond acceptors (Lipinski definition) is 2. The highest BCUT2D eigenvalue weighted by molar-refractivity contribution is 5.91. The molecule has 2 rings (SSSR count). The SMILES string of the molecule is C[C@H](Cc1ccoc1)NC(=O)/C=C/c1ccccc1. The number of amides is 1. The molecule has 0 spiro atoms. The molecular weight excluding hydrogens is 238 g/mol. The van der Waals surface area contributed by atoms with Crippen molar-refractivity contribution >= 4 is 12.0 Å². The van der Waals surface area contributed by atoms with Gasteiger partial charge in [-0.25, -0.2) is 0 Å². The maximum Gasteiger partial charge on any atom is 0.244 e. The Labute approximate surface area is 112 Å². The summed E-state index contributed by atoms with van der Waals surface area (Å²) in [6.45, 7) is 1.97. The molecule has 0 aliphatic heterocycles. The van der Waals surface area contributed by atoms with Crippen molar-refractivity contribution in [3.8, 4) is 0 Å². The van der Waals surface area contributed by atoms with Crippen LogP contribution in [0.3, 0.4) is 0 Å². The molecule has 0 unspecified atom stereocenters. The van der Waals surface area contributed by atoms with Crippen LogP contribution in [0, 0.1) is 0 Å². The molecule has 0 bridgehead atoms. The minimum absolute atomic E-state index is 0.0746. The molecular formula is C16H17NO2. The third-order valence-electron chi connectivity index (χ3n) is 2.74. The van der Waals surface area contributed by atoms with Gasteiger partial charge in [-0.15, -0.1) is 0 Å². The van der Waals surface area contributed by atoms with Gasteiger partial charge in [-0.3, -0.25) is 4.79 Å². The molecule has 0 aliphatic carbocycles. The van der Waals surface area contributed by atoms with E-state index in [9.17, 15) is 4.79 Å². The highest BCUT2D eigenvalue weighted by Crippen LogP contribution is 2.04. The monoisotopic (exact) mass is 255 g/mol. The van der Waals surface area contributed by atoms with Crippen molar-refractivity contribution in [1.82, 2.24) is 5.32 Å². The molecule has 98 valence electrons. The summed E-state index contributed by atoms with van der Waals surface area (Å²) in [5.41, 5.74) is 2.10. The second-order valence-electron chi connectivity index (χ2n) is 4.49. The van der Waals surface area contributed by atoms with Crippen LogP contribution in [0.5, 0.6) is 0 Å². The largest absolute Gasteiger partial charge is 0.472 e. The predicted molar refractivity (Wildman–Crippen MR) is 75.5 cm³/mol. The van der Waals surface area contributed by atoms with E-state index in [0.29, 0.717) is 0 Å². The Morgan fingerprint density at radius 1 is 1.32 bits per heavy atom. The van der Waals surface area contributed by atoms with E-state index in [2.05, 4.69) is 5.32 Å². The van der Waals surface area contributed by atoms with Crippen molar-refractivity contribution in [3.63, 3.8) is 0 Å². The predicted octanol–water partition coefficient (Wildman–Crippen LogP) is 3.04. The van der Waals surface area contributed by atoms with Crippen molar-refractivity contribution in [2.45, 2.75) is 19.4 Å². The third kappa shape index (κ3) is 4.47.